The fraction of sp³-hybridized carbons (Fsp3) is 0.562. The summed E-state index contributed by atoms with van der Waals surface area (Å²) >= 11 is 0. The maximum Gasteiger partial charge on any atom is 0.254 e. The molecule has 134 valence electrons. The Kier molecular flexibility index (Phi) is 5.78. The van der Waals surface area contributed by atoms with E-state index in [0.29, 0.717) is 30.8 Å². The number of halogens is 1. The molecule has 0 aromatic heterocycles. The fourth-order valence-corrected chi connectivity index (χ4v) is 5.03. The van der Waals surface area contributed by atoms with Crippen LogP contribution in [0, 0.1) is 6.92 Å². The number of amides is 1. The fourth-order valence-electron chi connectivity index (χ4n) is 3.48. The predicted molar refractivity (Wildman–Crippen MR) is 97.3 cm³/mol. The Labute approximate surface area is 149 Å². The topological polar surface area (TPSA) is 83.7 Å². The number of carbonyl (C=O) groups is 1. The summed E-state index contributed by atoms with van der Waals surface area (Å²) in [7, 11) is -3.20. The number of aryl methyl sites for hydroxylation is 1. The SMILES string of the molecule is Cc1cc(N2CCCS2(=O)=O)ccc1C(=O)N1CCCC1CN.Cl. The van der Waals surface area contributed by atoms with Gasteiger partial charge in [-0.25, -0.2) is 8.42 Å². The quantitative estimate of drug-likeness (QED) is 0.870. The van der Waals surface area contributed by atoms with E-state index in [1.54, 1.807) is 18.2 Å². The van der Waals surface area contributed by atoms with Gasteiger partial charge in [-0.3, -0.25) is 9.10 Å². The Morgan fingerprint density at radius 2 is 2.04 bits per heavy atom. The number of nitrogens with two attached hydrogens (primary N) is 1. The van der Waals surface area contributed by atoms with Crippen molar-refractivity contribution in [2.45, 2.75) is 32.2 Å². The van der Waals surface area contributed by atoms with Crippen molar-refractivity contribution in [2.24, 2.45) is 5.73 Å². The summed E-state index contributed by atoms with van der Waals surface area (Å²) in [6, 6.07) is 5.38. The monoisotopic (exact) mass is 373 g/mol. The molecule has 2 saturated heterocycles. The van der Waals surface area contributed by atoms with E-state index in [1.807, 2.05) is 11.8 Å². The first-order valence-electron chi connectivity index (χ1n) is 8.06. The van der Waals surface area contributed by atoms with E-state index in [1.165, 1.54) is 4.31 Å². The molecule has 3 rings (SSSR count). The Morgan fingerprint density at radius 3 is 2.62 bits per heavy atom. The molecule has 0 aliphatic carbocycles. The van der Waals surface area contributed by atoms with Gasteiger partial charge in [0.15, 0.2) is 0 Å². The summed E-state index contributed by atoms with van der Waals surface area (Å²) in [5.74, 6) is 0.185. The van der Waals surface area contributed by atoms with Crippen LogP contribution in [0.4, 0.5) is 5.69 Å². The van der Waals surface area contributed by atoms with E-state index in [4.69, 9.17) is 5.73 Å². The van der Waals surface area contributed by atoms with Crippen LogP contribution in [-0.4, -0.2) is 50.7 Å². The zero-order valence-corrected chi connectivity index (χ0v) is 15.4. The van der Waals surface area contributed by atoms with Crippen molar-refractivity contribution in [3.8, 4) is 0 Å². The molecule has 1 unspecified atom stereocenters. The number of hydrogen-bond donors (Lipinski definition) is 1. The molecule has 2 aliphatic heterocycles. The zero-order chi connectivity index (χ0) is 16.6. The van der Waals surface area contributed by atoms with E-state index in [9.17, 15) is 13.2 Å². The van der Waals surface area contributed by atoms with Gasteiger partial charge in [0.05, 0.1) is 11.4 Å². The summed E-state index contributed by atoms with van der Waals surface area (Å²) in [6.07, 6.45) is 2.58. The lowest BCUT2D eigenvalue weighted by Crippen LogP contribution is -2.40. The third kappa shape index (κ3) is 3.38. The van der Waals surface area contributed by atoms with Crippen molar-refractivity contribution in [1.82, 2.24) is 4.90 Å². The van der Waals surface area contributed by atoms with E-state index in [-0.39, 0.29) is 30.1 Å². The van der Waals surface area contributed by atoms with Crippen molar-refractivity contribution >= 4 is 34.0 Å². The van der Waals surface area contributed by atoms with E-state index in [0.717, 1.165) is 24.9 Å². The van der Waals surface area contributed by atoms with Crippen LogP contribution in [0.25, 0.3) is 0 Å². The number of benzene rings is 1. The summed E-state index contributed by atoms with van der Waals surface area (Å²) in [5.41, 5.74) is 7.83. The molecule has 0 spiro atoms. The number of sulfonamides is 1. The molecular weight excluding hydrogens is 350 g/mol. The van der Waals surface area contributed by atoms with Crippen molar-refractivity contribution in [1.29, 1.82) is 0 Å². The Hall–Kier alpha value is -1.31. The number of nitrogens with zero attached hydrogens (tertiary/aromatic N) is 2. The molecule has 0 radical (unpaired) electrons. The average molecular weight is 374 g/mol. The van der Waals surface area contributed by atoms with Gasteiger partial charge in [-0.15, -0.1) is 12.4 Å². The van der Waals surface area contributed by atoms with Gasteiger partial charge in [0, 0.05) is 31.2 Å². The van der Waals surface area contributed by atoms with Crippen LogP contribution < -0.4 is 10.0 Å². The van der Waals surface area contributed by atoms with Gasteiger partial charge in [0.2, 0.25) is 10.0 Å². The highest BCUT2D eigenvalue weighted by Gasteiger charge is 2.31. The number of likely N-dealkylation sites (tertiary alicyclic amines) is 1. The van der Waals surface area contributed by atoms with Crippen molar-refractivity contribution < 1.29 is 13.2 Å². The second-order valence-electron chi connectivity index (χ2n) is 6.27. The number of anilines is 1. The summed E-state index contributed by atoms with van der Waals surface area (Å²) in [6.45, 7) is 3.58. The van der Waals surface area contributed by atoms with Crippen LogP contribution in [-0.2, 0) is 10.0 Å². The average Bonchev–Trinajstić information content (AvgIpc) is 3.12. The van der Waals surface area contributed by atoms with E-state index in [2.05, 4.69) is 0 Å². The van der Waals surface area contributed by atoms with E-state index < -0.39 is 10.0 Å². The van der Waals surface area contributed by atoms with Crippen LogP contribution in [0.1, 0.15) is 35.2 Å². The Bertz CT molecular complexity index is 723. The minimum Gasteiger partial charge on any atom is -0.334 e. The van der Waals surface area contributed by atoms with Gasteiger partial charge < -0.3 is 10.6 Å². The highest BCUT2D eigenvalue weighted by molar-refractivity contribution is 7.93. The molecule has 1 amide bonds. The molecule has 1 atom stereocenters. The molecule has 2 N–H and O–H groups in total. The third-order valence-corrected chi connectivity index (χ3v) is 6.61. The summed E-state index contributed by atoms with van der Waals surface area (Å²) < 4.78 is 25.5. The van der Waals surface area contributed by atoms with Gasteiger partial charge in [-0.05, 0) is 49.9 Å². The van der Waals surface area contributed by atoms with Crippen LogP contribution in [0.3, 0.4) is 0 Å². The molecule has 8 heteroatoms. The lowest BCUT2D eigenvalue weighted by Gasteiger charge is -2.25. The molecule has 1 aromatic rings. The Morgan fingerprint density at radius 1 is 1.29 bits per heavy atom. The minimum absolute atomic E-state index is 0. The second-order valence-corrected chi connectivity index (χ2v) is 8.28. The van der Waals surface area contributed by atoms with E-state index >= 15 is 0 Å². The number of hydrogen-bond acceptors (Lipinski definition) is 4. The smallest absolute Gasteiger partial charge is 0.254 e. The highest BCUT2D eigenvalue weighted by atomic mass is 35.5. The van der Waals surface area contributed by atoms with Gasteiger partial charge in [-0.2, -0.15) is 0 Å². The predicted octanol–water partition coefficient (Wildman–Crippen LogP) is 1.52. The first-order valence-corrected chi connectivity index (χ1v) is 9.67. The molecular formula is C16H24ClN3O3S. The maximum atomic E-state index is 12.7. The van der Waals surface area contributed by atoms with Crippen LogP contribution in [0.15, 0.2) is 18.2 Å². The van der Waals surface area contributed by atoms with Crippen molar-refractivity contribution in [3.63, 3.8) is 0 Å². The van der Waals surface area contributed by atoms with Gasteiger partial charge >= 0.3 is 0 Å². The van der Waals surface area contributed by atoms with Crippen LogP contribution in [0.2, 0.25) is 0 Å². The second kappa shape index (κ2) is 7.29. The normalized spacial score (nSPS) is 22.5. The van der Waals surface area contributed by atoms with Gasteiger partial charge in [0.1, 0.15) is 0 Å². The summed E-state index contributed by atoms with van der Waals surface area (Å²) in [4.78, 5) is 14.6. The first-order chi connectivity index (χ1) is 10.9. The molecule has 1 aromatic carbocycles. The maximum absolute atomic E-state index is 12.7. The number of carbonyl (C=O) groups excluding carboxylic acids is 1. The van der Waals surface area contributed by atoms with Crippen molar-refractivity contribution in [3.05, 3.63) is 29.3 Å². The molecule has 6 nitrogen and oxygen atoms in total. The van der Waals surface area contributed by atoms with Crippen LogP contribution in [0.5, 0.6) is 0 Å². The molecule has 24 heavy (non-hydrogen) atoms. The lowest BCUT2D eigenvalue weighted by atomic mass is 10.1. The molecule has 2 fully saturated rings. The lowest BCUT2D eigenvalue weighted by molar-refractivity contribution is 0.0740. The Balaban J connectivity index is 0.00000208. The van der Waals surface area contributed by atoms with Gasteiger partial charge in [-0.1, -0.05) is 0 Å². The minimum atomic E-state index is -3.20. The van der Waals surface area contributed by atoms with Gasteiger partial charge in [0.25, 0.3) is 5.91 Å². The third-order valence-electron chi connectivity index (χ3n) is 4.74. The highest BCUT2D eigenvalue weighted by Crippen LogP contribution is 2.28. The molecule has 0 bridgehead atoms. The number of rotatable bonds is 3. The first kappa shape index (κ1) is 19.0. The zero-order valence-electron chi connectivity index (χ0n) is 13.8. The van der Waals surface area contributed by atoms with Crippen LogP contribution >= 0.6 is 12.4 Å². The molecule has 0 saturated carbocycles. The van der Waals surface area contributed by atoms with Crippen molar-refractivity contribution in [2.75, 3.05) is 29.7 Å². The standard InChI is InChI=1S/C16H23N3O3S.ClH/c1-12-10-13(19-8-3-9-23(19,21)22)5-6-15(12)16(20)18-7-2-4-14(18)11-17;/h5-6,10,14H,2-4,7-9,11,17H2,1H3;1H. The summed E-state index contributed by atoms with van der Waals surface area (Å²) in [5, 5.41) is 0. The molecule has 2 heterocycles. The largest absolute Gasteiger partial charge is 0.334 e. The molecule has 2 aliphatic rings.